The molecule has 7 nitrogen and oxygen atoms in total. The van der Waals surface area contributed by atoms with Crippen molar-refractivity contribution in [1.82, 2.24) is 9.97 Å². The number of rotatable bonds is 4. The lowest BCUT2D eigenvalue weighted by molar-refractivity contribution is -0.136. The summed E-state index contributed by atoms with van der Waals surface area (Å²) in [6.45, 7) is 3.94. The number of aryl methyl sites for hydroxylation is 1. The Bertz CT molecular complexity index is 1420. The molecule has 0 aliphatic carbocycles. The van der Waals surface area contributed by atoms with Crippen LogP contribution in [-0.4, -0.2) is 33.6 Å². The van der Waals surface area contributed by atoms with E-state index >= 15 is 0 Å². The first-order valence-electron chi connectivity index (χ1n) is 10.4. The van der Waals surface area contributed by atoms with Gasteiger partial charge in [0.2, 0.25) is 5.91 Å². The van der Waals surface area contributed by atoms with Gasteiger partial charge in [-0.25, -0.2) is 4.98 Å². The van der Waals surface area contributed by atoms with Gasteiger partial charge >= 0.3 is 5.97 Å². The predicted molar refractivity (Wildman–Crippen MR) is 122 cm³/mol. The Labute approximate surface area is 184 Å². The summed E-state index contributed by atoms with van der Waals surface area (Å²) in [5.41, 5.74) is 5.80. The summed E-state index contributed by atoms with van der Waals surface area (Å²) in [4.78, 5) is 32.5. The van der Waals surface area contributed by atoms with E-state index in [1.54, 1.807) is 12.3 Å². The fourth-order valence-corrected chi connectivity index (χ4v) is 4.49. The van der Waals surface area contributed by atoms with E-state index in [0.29, 0.717) is 17.9 Å². The number of hydrogen-bond acceptors (Lipinski definition) is 5. The minimum Gasteiger partial charge on any atom is -0.493 e. The number of nitrogens with zero attached hydrogens (tertiary/aromatic N) is 2. The number of aliphatic carboxylic acids is 1. The van der Waals surface area contributed by atoms with Gasteiger partial charge in [-0.2, -0.15) is 0 Å². The van der Waals surface area contributed by atoms with Gasteiger partial charge in [0.25, 0.3) is 0 Å². The van der Waals surface area contributed by atoms with Crippen molar-refractivity contribution in [1.29, 1.82) is 0 Å². The number of amides is 1. The fraction of sp³-hybridized carbons (Fsp3) is 0.200. The van der Waals surface area contributed by atoms with Crippen molar-refractivity contribution in [3.63, 3.8) is 0 Å². The number of carboxylic acid groups (broad SMARTS) is 1. The molecule has 5 rings (SSSR count). The minimum atomic E-state index is -0.907. The molecule has 7 heteroatoms. The van der Waals surface area contributed by atoms with Crippen LogP contribution in [-0.2, 0) is 22.4 Å². The zero-order chi connectivity index (χ0) is 22.4. The first kappa shape index (κ1) is 19.9. The zero-order valence-corrected chi connectivity index (χ0v) is 17.7. The van der Waals surface area contributed by atoms with Gasteiger partial charge in [-0.05, 0) is 65.6 Å². The number of benzene rings is 2. The molecule has 2 N–H and O–H groups in total. The van der Waals surface area contributed by atoms with Crippen LogP contribution in [0.5, 0.6) is 5.75 Å². The lowest BCUT2D eigenvalue weighted by atomic mass is 9.88. The number of pyridine rings is 2. The van der Waals surface area contributed by atoms with Crippen molar-refractivity contribution in [3.05, 3.63) is 59.3 Å². The quantitative estimate of drug-likeness (QED) is 0.504. The minimum absolute atomic E-state index is 0.121. The molecule has 3 heterocycles. The second kappa shape index (κ2) is 7.60. The maximum absolute atomic E-state index is 11.7. The summed E-state index contributed by atoms with van der Waals surface area (Å²) in [6, 6.07) is 11.4. The Hall–Kier alpha value is -4.00. The first-order valence-corrected chi connectivity index (χ1v) is 10.4. The molecule has 4 aromatic rings. The highest BCUT2D eigenvalue weighted by molar-refractivity contribution is 6.08. The van der Waals surface area contributed by atoms with Gasteiger partial charge in [0.1, 0.15) is 11.6 Å². The summed E-state index contributed by atoms with van der Waals surface area (Å²) >= 11 is 0. The van der Waals surface area contributed by atoms with Crippen LogP contribution in [0.3, 0.4) is 0 Å². The van der Waals surface area contributed by atoms with E-state index in [4.69, 9.17) is 4.74 Å². The van der Waals surface area contributed by atoms with Crippen molar-refractivity contribution in [2.75, 3.05) is 11.9 Å². The number of carbonyl (C=O) groups is 2. The SMILES string of the molecule is CC(=O)Nc1ccc2c(-c3ccc4c5c(ccnc35)CCO4)c(CC(=O)O)c(C)cc2n1. The van der Waals surface area contributed by atoms with E-state index in [1.807, 2.05) is 37.3 Å². The fourth-order valence-electron chi connectivity index (χ4n) is 4.49. The maximum Gasteiger partial charge on any atom is 0.307 e. The number of carbonyl (C=O) groups excluding carboxylic acids is 1. The Morgan fingerprint density at radius 1 is 1.19 bits per heavy atom. The Balaban J connectivity index is 1.86. The normalized spacial score (nSPS) is 12.6. The molecule has 0 spiro atoms. The molecule has 1 aliphatic rings. The smallest absolute Gasteiger partial charge is 0.307 e. The molecule has 2 aromatic heterocycles. The standard InChI is InChI=1S/C25H21N3O4/c1-13-11-19-16(4-6-21(28-19)27-14(2)29)24(18(13)12-22(30)31)17-3-5-20-23-15(8-10-32-20)7-9-26-25(17)23/h3-7,9,11H,8,10,12H2,1-2H3,(H,30,31)(H,27,28,29). The second-order valence-electron chi connectivity index (χ2n) is 7.97. The van der Waals surface area contributed by atoms with E-state index in [2.05, 4.69) is 15.3 Å². The summed E-state index contributed by atoms with van der Waals surface area (Å²) < 4.78 is 5.86. The van der Waals surface area contributed by atoms with E-state index in [1.165, 1.54) is 12.5 Å². The van der Waals surface area contributed by atoms with Crippen molar-refractivity contribution in [2.45, 2.75) is 26.7 Å². The summed E-state index contributed by atoms with van der Waals surface area (Å²) in [5, 5.41) is 14.1. The first-order chi connectivity index (χ1) is 15.4. The summed E-state index contributed by atoms with van der Waals surface area (Å²) in [5.74, 6) is 0.130. The van der Waals surface area contributed by atoms with Gasteiger partial charge in [-0.3, -0.25) is 14.6 Å². The zero-order valence-electron chi connectivity index (χ0n) is 17.7. The average molecular weight is 427 g/mol. The number of anilines is 1. The average Bonchev–Trinajstić information content (AvgIpc) is 2.75. The third-order valence-corrected chi connectivity index (χ3v) is 5.80. The molecule has 0 saturated carbocycles. The molecule has 0 radical (unpaired) electrons. The molecule has 1 aliphatic heterocycles. The number of nitrogens with one attached hydrogen (secondary N) is 1. The molecule has 0 saturated heterocycles. The number of carboxylic acids is 1. The van der Waals surface area contributed by atoms with Gasteiger partial charge in [0, 0.05) is 35.9 Å². The molecule has 0 unspecified atom stereocenters. The van der Waals surface area contributed by atoms with E-state index in [9.17, 15) is 14.7 Å². The number of fused-ring (bicyclic) bond motifs is 1. The molecular formula is C25H21N3O4. The second-order valence-corrected chi connectivity index (χ2v) is 7.97. The third kappa shape index (κ3) is 3.32. The molecule has 0 atom stereocenters. The van der Waals surface area contributed by atoms with Gasteiger partial charge in [-0.1, -0.05) is 0 Å². The Morgan fingerprint density at radius 3 is 2.81 bits per heavy atom. The third-order valence-electron chi connectivity index (χ3n) is 5.80. The van der Waals surface area contributed by atoms with Crippen LogP contribution in [0.1, 0.15) is 23.6 Å². The highest BCUT2D eigenvalue weighted by Gasteiger charge is 2.22. The molecule has 0 fully saturated rings. The monoisotopic (exact) mass is 427 g/mol. The predicted octanol–water partition coefficient (Wildman–Crippen LogP) is 4.28. The molecular weight excluding hydrogens is 406 g/mol. The van der Waals surface area contributed by atoms with Gasteiger partial charge in [0.05, 0.1) is 24.1 Å². The highest BCUT2D eigenvalue weighted by atomic mass is 16.5. The number of ether oxygens (including phenoxy) is 1. The Kier molecular flexibility index (Phi) is 4.74. The van der Waals surface area contributed by atoms with Gasteiger partial charge < -0.3 is 15.2 Å². The van der Waals surface area contributed by atoms with Crippen LogP contribution in [0.2, 0.25) is 0 Å². The molecule has 0 bridgehead atoms. The lowest BCUT2D eigenvalue weighted by Crippen LogP contribution is -2.10. The van der Waals surface area contributed by atoms with E-state index < -0.39 is 5.97 Å². The van der Waals surface area contributed by atoms with Gasteiger partial charge in [0.15, 0.2) is 0 Å². The van der Waals surface area contributed by atoms with E-state index in [0.717, 1.165) is 50.7 Å². The largest absolute Gasteiger partial charge is 0.493 e. The van der Waals surface area contributed by atoms with Gasteiger partial charge in [-0.15, -0.1) is 0 Å². The summed E-state index contributed by atoms with van der Waals surface area (Å²) in [7, 11) is 0. The molecule has 32 heavy (non-hydrogen) atoms. The van der Waals surface area contributed by atoms with Crippen LogP contribution in [0.15, 0.2) is 42.6 Å². The molecule has 160 valence electrons. The number of aromatic nitrogens is 2. The van der Waals surface area contributed by atoms with Crippen LogP contribution in [0, 0.1) is 6.92 Å². The van der Waals surface area contributed by atoms with Crippen LogP contribution < -0.4 is 10.1 Å². The summed E-state index contributed by atoms with van der Waals surface area (Å²) in [6.07, 6.45) is 2.47. The van der Waals surface area contributed by atoms with Crippen molar-refractivity contribution >= 4 is 39.5 Å². The number of hydrogen-bond donors (Lipinski definition) is 2. The highest BCUT2D eigenvalue weighted by Crippen LogP contribution is 2.42. The molecule has 2 aromatic carbocycles. The van der Waals surface area contributed by atoms with Crippen molar-refractivity contribution in [2.24, 2.45) is 0 Å². The van der Waals surface area contributed by atoms with Crippen LogP contribution in [0.25, 0.3) is 32.9 Å². The van der Waals surface area contributed by atoms with Crippen molar-refractivity contribution < 1.29 is 19.4 Å². The maximum atomic E-state index is 11.7. The van der Waals surface area contributed by atoms with Crippen molar-refractivity contribution in [3.8, 4) is 16.9 Å². The lowest BCUT2D eigenvalue weighted by Gasteiger charge is -2.21. The topological polar surface area (TPSA) is 101 Å². The van der Waals surface area contributed by atoms with Crippen LogP contribution >= 0.6 is 0 Å². The van der Waals surface area contributed by atoms with Crippen LogP contribution in [0.4, 0.5) is 5.82 Å². The van der Waals surface area contributed by atoms with E-state index in [-0.39, 0.29) is 12.3 Å². The molecule has 1 amide bonds. The Morgan fingerprint density at radius 2 is 2.03 bits per heavy atom.